The van der Waals surface area contributed by atoms with E-state index >= 15 is 0 Å². The van der Waals surface area contributed by atoms with Gasteiger partial charge in [-0.05, 0) is 30.0 Å². The lowest BCUT2D eigenvalue weighted by Gasteiger charge is -2.37. The smallest absolute Gasteiger partial charge is 0.339 e. The summed E-state index contributed by atoms with van der Waals surface area (Å²) >= 11 is 0. The summed E-state index contributed by atoms with van der Waals surface area (Å²) in [5.74, 6) is -0.425. The van der Waals surface area contributed by atoms with Gasteiger partial charge in [0, 0.05) is 5.41 Å². The molecule has 134 valence electrons. The van der Waals surface area contributed by atoms with E-state index in [-0.39, 0.29) is 18.6 Å². The van der Waals surface area contributed by atoms with Crippen molar-refractivity contribution in [2.75, 3.05) is 26.1 Å². The maximum Gasteiger partial charge on any atom is 0.339 e. The zero-order valence-corrected chi connectivity index (χ0v) is 15.3. The molecule has 1 atom stereocenters. The van der Waals surface area contributed by atoms with E-state index in [4.69, 9.17) is 13.7 Å². The molecule has 0 radical (unpaired) electrons. The van der Waals surface area contributed by atoms with Crippen molar-refractivity contribution < 1.29 is 26.9 Å². The van der Waals surface area contributed by atoms with Crippen molar-refractivity contribution in [1.82, 2.24) is 0 Å². The molecule has 0 aromatic heterocycles. The maximum atomic E-state index is 12.3. The molecule has 1 aliphatic rings. The number of esters is 1. The van der Waals surface area contributed by atoms with Crippen LogP contribution in [0.3, 0.4) is 0 Å². The summed E-state index contributed by atoms with van der Waals surface area (Å²) in [7, 11) is -3.50. The lowest BCUT2D eigenvalue weighted by atomic mass is 9.77. The van der Waals surface area contributed by atoms with Crippen LogP contribution in [0.25, 0.3) is 0 Å². The zero-order valence-electron chi connectivity index (χ0n) is 14.5. The van der Waals surface area contributed by atoms with Gasteiger partial charge in [0.05, 0.1) is 26.1 Å². The van der Waals surface area contributed by atoms with Crippen LogP contribution >= 0.6 is 0 Å². The van der Waals surface area contributed by atoms with E-state index in [0.717, 1.165) is 22.9 Å². The SMILES string of the molecule is CCOC(=O)C1OCC(C)(C)c2cccc(CCOS(C)(=O)=O)c21. The van der Waals surface area contributed by atoms with Crippen molar-refractivity contribution >= 4 is 16.1 Å². The standard InChI is InChI=1S/C17H24O6S/c1-5-21-16(18)15-14-12(9-10-23-24(4,19)20)7-6-8-13(14)17(2,3)11-22-15/h6-8,15H,5,9-11H2,1-4H3. The molecule has 24 heavy (non-hydrogen) atoms. The van der Waals surface area contributed by atoms with E-state index in [9.17, 15) is 13.2 Å². The van der Waals surface area contributed by atoms with Crippen LogP contribution in [0.4, 0.5) is 0 Å². The molecule has 0 fully saturated rings. The second-order valence-corrected chi connectivity index (χ2v) is 8.13. The van der Waals surface area contributed by atoms with Crippen LogP contribution in [-0.2, 0) is 40.4 Å². The Labute approximate surface area is 143 Å². The quantitative estimate of drug-likeness (QED) is 0.574. The fourth-order valence-corrected chi connectivity index (χ4v) is 3.28. The van der Waals surface area contributed by atoms with Crippen LogP contribution in [0.5, 0.6) is 0 Å². The summed E-state index contributed by atoms with van der Waals surface area (Å²) in [6.07, 6.45) is 0.592. The molecular formula is C17H24O6S. The van der Waals surface area contributed by atoms with Gasteiger partial charge in [-0.25, -0.2) is 4.79 Å². The molecule has 0 amide bonds. The van der Waals surface area contributed by atoms with E-state index in [0.29, 0.717) is 13.0 Å². The third kappa shape index (κ3) is 4.34. The normalized spacial score (nSPS) is 19.6. The highest BCUT2D eigenvalue weighted by atomic mass is 32.2. The third-order valence-electron chi connectivity index (χ3n) is 3.97. The first-order valence-corrected chi connectivity index (χ1v) is 9.72. The number of hydrogen-bond acceptors (Lipinski definition) is 6. The minimum Gasteiger partial charge on any atom is -0.464 e. The number of carbonyl (C=O) groups excluding carboxylic acids is 1. The van der Waals surface area contributed by atoms with E-state index in [2.05, 4.69) is 0 Å². The van der Waals surface area contributed by atoms with Gasteiger partial charge in [-0.3, -0.25) is 4.18 Å². The van der Waals surface area contributed by atoms with E-state index in [1.807, 2.05) is 32.0 Å². The van der Waals surface area contributed by atoms with Crippen molar-refractivity contribution in [3.05, 3.63) is 34.9 Å². The van der Waals surface area contributed by atoms with Crippen molar-refractivity contribution in [2.45, 2.75) is 38.7 Å². The van der Waals surface area contributed by atoms with E-state index < -0.39 is 22.2 Å². The molecular weight excluding hydrogens is 332 g/mol. The molecule has 0 N–H and O–H groups in total. The first-order valence-electron chi connectivity index (χ1n) is 7.90. The predicted octanol–water partition coefficient (Wildman–Crippen LogP) is 2.12. The molecule has 0 saturated carbocycles. The van der Waals surface area contributed by atoms with Crippen LogP contribution in [0, 0.1) is 0 Å². The Bertz CT molecular complexity index is 708. The monoisotopic (exact) mass is 356 g/mol. The van der Waals surface area contributed by atoms with Gasteiger partial charge in [-0.2, -0.15) is 8.42 Å². The molecule has 2 rings (SSSR count). The van der Waals surface area contributed by atoms with Gasteiger partial charge in [0.2, 0.25) is 0 Å². The molecule has 1 aliphatic heterocycles. The summed E-state index contributed by atoms with van der Waals surface area (Å²) < 4.78 is 38.1. The average molecular weight is 356 g/mol. The molecule has 1 unspecified atom stereocenters. The number of hydrogen-bond donors (Lipinski definition) is 0. The van der Waals surface area contributed by atoms with Crippen LogP contribution in [0.2, 0.25) is 0 Å². The number of benzene rings is 1. The van der Waals surface area contributed by atoms with Gasteiger partial charge < -0.3 is 9.47 Å². The Morgan fingerprint density at radius 2 is 2.08 bits per heavy atom. The molecule has 6 nitrogen and oxygen atoms in total. The van der Waals surface area contributed by atoms with Crippen molar-refractivity contribution in [2.24, 2.45) is 0 Å². The fourth-order valence-electron chi connectivity index (χ4n) is 2.89. The van der Waals surface area contributed by atoms with Gasteiger partial charge in [-0.1, -0.05) is 32.0 Å². The van der Waals surface area contributed by atoms with Crippen LogP contribution in [-0.4, -0.2) is 40.5 Å². The highest BCUT2D eigenvalue weighted by Gasteiger charge is 2.38. The van der Waals surface area contributed by atoms with Crippen LogP contribution in [0.15, 0.2) is 18.2 Å². The Kier molecular flexibility index (Phi) is 5.67. The fraction of sp³-hybridized carbons (Fsp3) is 0.588. The molecule has 1 aromatic carbocycles. The van der Waals surface area contributed by atoms with Crippen molar-refractivity contribution in [3.63, 3.8) is 0 Å². The lowest BCUT2D eigenvalue weighted by molar-refractivity contribution is -0.159. The highest BCUT2D eigenvalue weighted by molar-refractivity contribution is 7.85. The second-order valence-electron chi connectivity index (χ2n) is 6.48. The highest BCUT2D eigenvalue weighted by Crippen LogP contribution is 2.40. The first-order chi connectivity index (χ1) is 11.2. The maximum absolute atomic E-state index is 12.3. The summed E-state index contributed by atoms with van der Waals surface area (Å²) in [6, 6.07) is 5.75. The first kappa shape index (κ1) is 18.9. The Morgan fingerprint density at radius 1 is 1.38 bits per heavy atom. The van der Waals surface area contributed by atoms with Crippen molar-refractivity contribution in [3.8, 4) is 0 Å². The molecule has 1 aromatic rings. The zero-order chi connectivity index (χ0) is 18.0. The lowest BCUT2D eigenvalue weighted by Crippen LogP contribution is -2.37. The Hall–Kier alpha value is -1.44. The largest absolute Gasteiger partial charge is 0.464 e. The van der Waals surface area contributed by atoms with Crippen LogP contribution < -0.4 is 0 Å². The number of fused-ring (bicyclic) bond motifs is 1. The summed E-state index contributed by atoms with van der Waals surface area (Å²) in [5.41, 5.74) is 2.38. The summed E-state index contributed by atoms with van der Waals surface area (Å²) in [5, 5.41) is 0. The third-order valence-corrected chi connectivity index (χ3v) is 4.56. The van der Waals surface area contributed by atoms with E-state index in [1.165, 1.54) is 0 Å². The molecule has 0 bridgehead atoms. The van der Waals surface area contributed by atoms with Gasteiger partial charge in [0.25, 0.3) is 10.1 Å². The number of ether oxygens (including phenoxy) is 2. The summed E-state index contributed by atoms with van der Waals surface area (Å²) in [4.78, 5) is 12.3. The van der Waals surface area contributed by atoms with Gasteiger partial charge >= 0.3 is 5.97 Å². The predicted molar refractivity (Wildman–Crippen MR) is 89.3 cm³/mol. The molecule has 0 saturated heterocycles. The minimum absolute atomic E-state index is 0.0191. The Morgan fingerprint density at radius 3 is 2.71 bits per heavy atom. The molecule has 1 heterocycles. The van der Waals surface area contributed by atoms with Crippen LogP contribution in [0.1, 0.15) is 43.6 Å². The number of rotatable bonds is 6. The minimum atomic E-state index is -3.50. The van der Waals surface area contributed by atoms with E-state index in [1.54, 1.807) is 6.92 Å². The molecule has 0 spiro atoms. The Balaban J connectivity index is 2.37. The van der Waals surface area contributed by atoms with Gasteiger partial charge in [0.15, 0.2) is 6.10 Å². The van der Waals surface area contributed by atoms with Gasteiger partial charge in [-0.15, -0.1) is 0 Å². The summed E-state index contributed by atoms with van der Waals surface area (Å²) in [6.45, 7) is 6.54. The topological polar surface area (TPSA) is 78.9 Å². The molecule has 0 aliphatic carbocycles. The average Bonchev–Trinajstić information content (AvgIpc) is 2.46. The van der Waals surface area contributed by atoms with Gasteiger partial charge in [0.1, 0.15) is 0 Å². The number of carbonyl (C=O) groups is 1. The van der Waals surface area contributed by atoms with Crippen molar-refractivity contribution in [1.29, 1.82) is 0 Å². The molecule has 7 heteroatoms. The second kappa shape index (κ2) is 7.21.